The van der Waals surface area contributed by atoms with Crippen molar-refractivity contribution in [3.8, 4) is 11.3 Å². The molecule has 7 nitrogen and oxygen atoms in total. The molecule has 0 radical (unpaired) electrons. The van der Waals surface area contributed by atoms with Gasteiger partial charge in [-0.25, -0.2) is 4.79 Å². The number of carbonyl (C=O) groups is 2. The van der Waals surface area contributed by atoms with Crippen LogP contribution in [-0.2, 0) is 22.7 Å². The Bertz CT molecular complexity index is 1150. The number of hydrogen-bond acceptors (Lipinski definition) is 5. The minimum Gasteiger partial charge on any atom is -0.461 e. The molecule has 1 saturated carbocycles. The highest BCUT2D eigenvalue weighted by Crippen LogP contribution is 2.42. The van der Waals surface area contributed by atoms with E-state index in [1.54, 1.807) is 0 Å². The zero-order chi connectivity index (χ0) is 23.5. The van der Waals surface area contributed by atoms with Crippen molar-refractivity contribution in [1.29, 1.82) is 0 Å². The maximum atomic E-state index is 13.7. The second-order valence-electron chi connectivity index (χ2n) is 9.23. The van der Waals surface area contributed by atoms with E-state index in [0.717, 1.165) is 48.2 Å². The molecule has 34 heavy (non-hydrogen) atoms. The number of hydrogen-bond donors (Lipinski definition) is 0. The van der Waals surface area contributed by atoms with Crippen molar-refractivity contribution < 1.29 is 18.8 Å². The molecule has 1 saturated heterocycles. The summed E-state index contributed by atoms with van der Waals surface area (Å²) in [5.41, 5.74) is 3.32. The fourth-order valence-electron chi connectivity index (χ4n) is 5.12. The predicted molar refractivity (Wildman–Crippen MR) is 128 cm³/mol. The topological polar surface area (TPSA) is 75.9 Å². The van der Waals surface area contributed by atoms with E-state index in [0.29, 0.717) is 18.8 Å². The molecule has 0 atom stereocenters. The lowest BCUT2D eigenvalue weighted by atomic mass is 9.81. The van der Waals surface area contributed by atoms with Gasteiger partial charge in [0.15, 0.2) is 5.76 Å². The van der Waals surface area contributed by atoms with Crippen molar-refractivity contribution in [2.24, 2.45) is 0 Å². The number of ether oxygens (including phenoxy) is 1. The van der Waals surface area contributed by atoms with Crippen LogP contribution >= 0.6 is 0 Å². The maximum absolute atomic E-state index is 13.7. The van der Waals surface area contributed by atoms with Gasteiger partial charge in [0.2, 0.25) is 0 Å². The van der Waals surface area contributed by atoms with Gasteiger partial charge >= 0.3 is 12.0 Å². The van der Waals surface area contributed by atoms with Gasteiger partial charge in [0.25, 0.3) is 0 Å². The molecule has 1 aliphatic carbocycles. The van der Waals surface area contributed by atoms with Gasteiger partial charge in [-0.1, -0.05) is 66.9 Å². The summed E-state index contributed by atoms with van der Waals surface area (Å²) in [6, 6.07) is 19.5. The average molecular weight is 460 g/mol. The van der Waals surface area contributed by atoms with E-state index in [9.17, 15) is 9.59 Å². The lowest BCUT2D eigenvalue weighted by molar-refractivity contribution is -0.142. The van der Waals surface area contributed by atoms with Crippen molar-refractivity contribution in [3.63, 3.8) is 0 Å². The molecule has 2 aliphatic rings. The summed E-state index contributed by atoms with van der Waals surface area (Å²) in [7, 11) is 0. The van der Waals surface area contributed by atoms with Gasteiger partial charge in [0.1, 0.15) is 12.3 Å². The highest BCUT2D eigenvalue weighted by atomic mass is 16.5. The van der Waals surface area contributed by atoms with Crippen LogP contribution in [0.4, 0.5) is 10.5 Å². The summed E-state index contributed by atoms with van der Waals surface area (Å²) >= 11 is 0. The van der Waals surface area contributed by atoms with Gasteiger partial charge in [-0.15, -0.1) is 0 Å². The Balaban J connectivity index is 1.37. The van der Waals surface area contributed by atoms with Crippen molar-refractivity contribution in [1.82, 2.24) is 10.1 Å². The molecule has 2 fully saturated rings. The Hall–Kier alpha value is -3.61. The predicted octanol–water partition coefficient (Wildman–Crippen LogP) is 5.55. The number of carbonyl (C=O) groups excluding carboxylic acids is 2. The Morgan fingerprint density at radius 2 is 1.79 bits per heavy atom. The third-order valence-electron chi connectivity index (χ3n) is 6.90. The van der Waals surface area contributed by atoms with Crippen LogP contribution in [0.25, 0.3) is 11.3 Å². The second kappa shape index (κ2) is 9.33. The summed E-state index contributed by atoms with van der Waals surface area (Å²) in [4.78, 5) is 28.6. The highest BCUT2D eigenvalue weighted by molar-refractivity contribution is 5.95. The number of esters is 1. The Morgan fingerprint density at radius 1 is 1.06 bits per heavy atom. The van der Waals surface area contributed by atoms with Gasteiger partial charge in [-0.05, 0) is 30.5 Å². The van der Waals surface area contributed by atoms with Gasteiger partial charge in [-0.2, -0.15) is 0 Å². The summed E-state index contributed by atoms with van der Waals surface area (Å²) in [5, 5.41) is 4.24. The molecule has 0 bridgehead atoms. The van der Waals surface area contributed by atoms with Crippen LogP contribution < -0.4 is 4.90 Å². The standard InChI is InChI=1S/C27H29N3O4/c1-20(31)33-18-21-10-12-23(13-11-21)29-19-27(14-6-3-7-15-27)30(26(29)32)17-24-16-25(28-34-24)22-8-4-2-5-9-22/h2,4-5,8-13,16H,3,6-7,14-15,17-19H2,1H3. The number of anilines is 1. The van der Waals surface area contributed by atoms with Gasteiger partial charge < -0.3 is 14.2 Å². The molecule has 2 heterocycles. The van der Waals surface area contributed by atoms with Crippen LogP contribution in [0.5, 0.6) is 0 Å². The Morgan fingerprint density at radius 3 is 2.50 bits per heavy atom. The van der Waals surface area contributed by atoms with E-state index in [2.05, 4.69) is 5.16 Å². The SMILES string of the molecule is CC(=O)OCc1ccc(N2CC3(CCCCC3)N(Cc3cc(-c4ccccc4)no3)C2=O)cc1. The van der Waals surface area contributed by atoms with Crippen molar-refractivity contribution in [2.45, 2.75) is 57.7 Å². The van der Waals surface area contributed by atoms with Crippen LogP contribution in [0, 0.1) is 0 Å². The molecule has 2 amide bonds. The zero-order valence-electron chi connectivity index (χ0n) is 19.4. The summed E-state index contributed by atoms with van der Waals surface area (Å²) in [6.07, 6.45) is 5.41. The third-order valence-corrected chi connectivity index (χ3v) is 6.90. The minimum atomic E-state index is -0.309. The Kier molecular flexibility index (Phi) is 6.09. The van der Waals surface area contributed by atoms with E-state index in [1.165, 1.54) is 13.3 Å². The number of amides is 2. The molecular formula is C27H29N3O4. The first kappa shape index (κ1) is 22.2. The summed E-state index contributed by atoms with van der Waals surface area (Å²) < 4.78 is 10.7. The molecule has 5 rings (SSSR count). The summed E-state index contributed by atoms with van der Waals surface area (Å²) in [6.45, 7) is 2.69. The molecule has 3 aromatic rings. The van der Waals surface area contributed by atoms with Crippen LogP contribution in [0.3, 0.4) is 0 Å². The smallest absolute Gasteiger partial charge is 0.325 e. The molecule has 1 aromatic heterocycles. The minimum absolute atomic E-state index is 0.00713. The molecule has 1 aliphatic heterocycles. The lowest BCUT2D eigenvalue weighted by Crippen LogP contribution is -2.47. The Labute approximate surface area is 199 Å². The number of nitrogens with zero attached hydrogens (tertiary/aromatic N) is 3. The van der Waals surface area contributed by atoms with Crippen LogP contribution in [0.2, 0.25) is 0 Å². The fourth-order valence-corrected chi connectivity index (χ4v) is 5.12. The van der Waals surface area contributed by atoms with Crippen molar-refractivity contribution in [3.05, 3.63) is 72.0 Å². The van der Waals surface area contributed by atoms with E-state index in [1.807, 2.05) is 70.5 Å². The van der Waals surface area contributed by atoms with Crippen LogP contribution in [0.1, 0.15) is 50.4 Å². The van der Waals surface area contributed by atoms with E-state index in [-0.39, 0.29) is 24.1 Å². The monoisotopic (exact) mass is 459 g/mol. The molecule has 0 unspecified atom stereocenters. The number of aromatic nitrogens is 1. The highest BCUT2D eigenvalue weighted by Gasteiger charge is 2.50. The molecule has 2 aromatic carbocycles. The zero-order valence-corrected chi connectivity index (χ0v) is 19.4. The maximum Gasteiger partial charge on any atom is 0.325 e. The molecule has 176 valence electrons. The van der Waals surface area contributed by atoms with E-state index >= 15 is 0 Å². The average Bonchev–Trinajstić information content (AvgIpc) is 3.43. The van der Waals surface area contributed by atoms with E-state index in [4.69, 9.17) is 9.26 Å². The first-order valence-corrected chi connectivity index (χ1v) is 11.9. The van der Waals surface area contributed by atoms with Gasteiger partial charge in [0, 0.05) is 24.2 Å². The second-order valence-corrected chi connectivity index (χ2v) is 9.23. The van der Waals surface area contributed by atoms with Crippen LogP contribution in [-0.4, -0.2) is 34.1 Å². The van der Waals surface area contributed by atoms with Crippen molar-refractivity contribution >= 4 is 17.7 Å². The van der Waals surface area contributed by atoms with Crippen LogP contribution in [0.15, 0.2) is 65.2 Å². The first-order chi connectivity index (χ1) is 16.5. The lowest BCUT2D eigenvalue weighted by Gasteiger charge is -2.39. The van der Waals surface area contributed by atoms with Gasteiger partial charge in [0.05, 0.1) is 18.6 Å². The quantitative estimate of drug-likeness (QED) is 0.452. The normalized spacial score (nSPS) is 17.4. The summed E-state index contributed by atoms with van der Waals surface area (Å²) in [5.74, 6) is 0.382. The molecule has 0 N–H and O–H groups in total. The molecule has 7 heteroatoms. The largest absolute Gasteiger partial charge is 0.461 e. The number of urea groups is 1. The molecule has 1 spiro atoms. The fraction of sp³-hybridized carbons (Fsp3) is 0.370. The number of rotatable bonds is 6. The number of benzene rings is 2. The van der Waals surface area contributed by atoms with Gasteiger partial charge in [-0.3, -0.25) is 9.69 Å². The first-order valence-electron chi connectivity index (χ1n) is 11.9. The van der Waals surface area contributed by atoms with E-state index < -0.39 is 0 Å². The third kappa shape index (κ3) is 4.42. The molecular weight excluding hydrogens is 430 g/mol. The van der Waals surface area contributed by atoms with Crippen molar-refractivity contribution in [2.75, 3.05) is 11.4 Å².